The molecule has 0 aromatic carbocycles. The van der Waals surface area contributed by atoms with E-state index in [1.54, 1.807) is 0 Å². The predicted molar refractivity (Wildman–Crippen MR) is 95.4 cm³/mol. The molecule has 0 aliphatic carbocycles. The predicted octanol–water partition coefficient (Wildman–Crippen LogP) is 1.75. The first-order valence-electron chi connectivity index (χ1n) is 9.72. The van der Waals surface area contributed by atoms with E-state index in [0.717, 1.165) is 37.5 Å². The van der Waals surface area contributed by atoms with Gasteiger partial charge in [0.25, 0.3) is 0 Å². The average molecular weight is 346 g/mol. The second-order valence-corrected chi connectivity index (χ2v) is 8.10. The van der Waals surface area contributed by atoms with Gasteiger partial charge in [-0.25, -0.2) is 0 Å². The van der Waals surface area contributed by atoms with Gasteiger partial charge in [0.05, 0.1) is 25.4 Å². The molecular weight excluding hydrogens is 316 g/mol. The third-order valence-corrected chi connectivity index (χ3v) is 6.05. The Hall–Kier alpha value is -1.40. The molecule has 1 amide bonds. The summed E-state index contributed by atoms with van der Waals surface area (Å²) >= 11 is 0. The van der Waals surface area contributed by atoms with Crippen LogP contribution in [0.15, 0.2) is 6.07 Å². The van der Waals surface area contributed by atoms with Crippen molar-refractivity contribution >= 4 is 5.91 Å². The number of piperidine rings is 1. The Morgan fingerprint density at radius 3 is 2.72 bits per heavy atom. The second-order valence-electron chi connectivity index (χ2n) is 8.10. The largest absolute Gasteiger partial charge is 0.370 e. The molecule has 1 aromatic heterocycles. The minimum atomic E-state index is -0.0595. The Morgan fingerprint density at radius 1 is 1.28 bits per heavy atom. The van der Waals surface area contributed by atoms with E-state index in [9.17, 15) is 4.79 Å². The number of nitrogens with zero attached hydrogens (tertiary/aromatic N) is 4. The van der Waals surface area contributed by atoms with Gasteiger partial charge in [0.1, 0.15) is 5.60 Å². The highest BCUT2D eigenvalue weighted by Crippen LogP contribution is 2.37. The van der Waals surface area contributed by atoms with Gasteiger partial charge < -0.3 is 9.64 Å². The zero-order valence-electron chi connectivity index (χ0n) is 15.5. The summed E-state index contributed by atoms with van der Waals surface area (Å²) in [6.45, 7) is 9.51. The van der Waals surface area contributed by atoms with Crippen LogP contribution < -0.4 is 0 Å². The highest BCUT2D eigenvalue weighted by molar-refractivity contribution is 5.77. The number of ether oxygens (including phenoxy) is 1. The van der Waals surface area contributed by atoms with Gasteiger partial charge in [-0.2, -0.15) is 5.10 Å². The number of carbonyl (C=O) groups excluding carboxylic acids is 1. The zero-order valence-corrected chi connectivity index (χ0v) is 15.5. The third kappa shape index (κ3) is 3.47. The van der Waals surface area contributed by atoms with Crippen LogP contribution in [0.4, 0.5) is 0 Å². The minimum absolute atomic E-state index is 0.0595. The maximum Gasteiger partial charge on any atom is 0.224 e. The molecule has 6 heteroatoms. The summed E-state index contributed by atoms with van der Waals surface area (Å²) in [6, 6.07) is 2.61. The minimum Gasteiger partial charge on any atom is -0.370 e. The molecule has 1 unspecified atom stereocenters. The van der Waals surface area contributed by atoms with Crippen LogP contribution in [0.5, 0.6) is 0 Å². The van der Waals surface area contributed by atoms with E-state index in [1.165, 1.54) is 32.4 Å². The van der Waals surface area contributed by atoms with Gasteiger partial charge in [0, 0.05) is 24.7 Å². The molecule has 6 nitrogen and oxygen atoms in total. The van der Waals surface area contributed by atoms with Crippen LogP contribution in [0.2, 0.25) is 0 Å². The van der Waals surface area contributed by atoms with E-state index >= 15 is 0 Å². The summed E-state index contributed by atoms with van der Waals surface area (Å²) < 4.78 is 8.09. The summed E-state index contributed by atoms with van der Waals surface area (Å²) in [4.78, 5) is 17.0. The van der Waals surface area contributed by atoms with Crippen molar-refractivity contribution < 1.29 is 9.53 Å². The molecule has 3 saturated heterocycles. The topological polar surface area (TPSA) is 50.6 Å². The molecule has 25 heavy (non-hydrogen) atoms. The molecule has 4 heterocycles. The maximum absolute atomic E-state index is 12.5. The lowest BCUT2D eigenvalue weighted by atomic mass is 9.88. The van der Waals surface area contributed by atoms with Gasteiger partial charge in [0.2, 0.25) is 5.91 Å². The van der Waals surface area contributed by atoms with Crippen molar-refractivity contribution in [2.75, 3.05) is 32.8 Å². The molecule has 0 N–H and O–H groups in total. The number of amides is 1. The van der Waals surface area contributed by atoms with Crippen molar-refractivity contribution in [1.29, 1.82) is 0 Å². The standard InChI is InChI=1S/C19H30N4O2/c1-15-10-16(2)23(20-15)9-6-18(24)22-13-19(14-22)11-17(12-25-19)21-7-4-3-5-8-21/h10,17H,3-9,11-14H2,1-2H3. The summed E-state index contributed by atoms with van der Waals surface area (Å²) in [6.07, 6.45) is 5.62. The molecule has 138 valence electrons. The van der Waals surface area contributed by atoms with Crippen molar-refractivity contribution in [2.45, 2.75) is 64.1 Å². The number of aryl methyl sites for hydroxylation is 3. The van der Waals surface area contributed by atoms with Crippen molar-refractivity contribution in [1.82, 2.24) is 19.6 Å². The number of hydrogen-bond acceptors (Lipinski definition) is 4. The van der Waals surface area contributed by atoms with Gasteiger partial charge in [-0.3, -0.25) is 14.4 Å². The van der Waals surface area contributed by atoms with Crippen molar-refractivity contribution in [3.63, 3.8) is 0 Å². The molecule has 0 bridgehead atoms. The van der Waals surface area contributed by atoms with E-state index in [1.807, 2.05) is 23.4 Å². The van der Waals surface area contributed by atoms with Crippen molar-refractivity contribution in [2.24, 2.45) is 0 Å². The molecular formula is C19H30N4O2. The summed E-state index contributed by atoms with van der Waals surface area (Å²) in [5, 5.41) is 4.43. The lowest BCUT2D eigenvalue weighted by Gasteiger charge is -2.47. The highest BCUT2D eigenvalue weighted by atomic mass is 16.5. The van der Waals surface area contributed by atoms with Gasteiger partial charge in [-0.05, 0) is 52.3 Å². The normalized spacial score (nSPS) is 26.2. The fourth-order valence-corrected chi connectivity index (χ4v) is 4.65. The van der Waals surface area contributed by atoms with Crippen molar-refractivity contribution in [3.8, 4) is 0 Å². The molecule has 3 aliphatic rings. The van der Waals surface area contributed by atoms with E-state index in [-0.39, 0.29) is 11.5 Å². The first kappa shape index (κ1) is 17.0. The van der Waals surface area contributed by atoms with Crippen LogP contribution in [0.3, 0.4) is 0 Å². The van der Waals surface area contributed by atoms with Gasteiger partial charge >= 0.3 is 0 Å². The van der Waals surface area contributed by atoms with E-state index < -0.39 is 0 Å². The van der Waals surface area contributed by atoms with Crippen LogP contribution in [-0.2, 0) is 16.1 Å². The van der Waals surface area contributed by atoms with Crippen molar-refractivity contribution in [3.05, 3.63) is 17.5 Å². The lowest BCUT2D eigenvalue weighted by Crippen LogP contribution is -2.63. The quantitative estimate of drug-likeness (QED) is 0.833. The van der Waals surface area contributed by atoms with Gasteiger partial charge in [-0.15, -0.1) is 0 Å². The monoisotopic (exact) mass is 346 g/mol. The lowest BCUT2D eigenvalue weighted by molar-refractivity contribution is -0.158. The Morgan fingerprint density at radius 2 is 2.04 bits per heavy atom. The Balaban J connectivity index is 1.24. The number of aromatic nitrogens is 2. The van der Waals surface area contributed by atoms with Gasteiger partial charge in [-0.1, -0.05) is 6.42 Å². The fraction of sp³-hybridized carbons (Fsp3) is 0.789. The van der Waals surface area contributed by atoms with Crippen LogP contribution in [-0.4, -0.2) is 69.9 Å². The van der Waals surface area contributed by atoms with Crippen LogP contribution in [0, 0.1) is 13.8 Å². The van der Waals surface area contributed by atoms with Crippen LogP contribution in [0.25, 0.3) is 0 Å². The molecule has 0 radical (unpaired) electrons. The first-order chi connectivity index (χ1) is 12.0. The average Bonchev–Trinajstić information content (AvgIpc) is 3.16. The molecule has 4 rings (SSSR count). The molecule has 3 aliphatic heterocycles. The summed E-state index contributed by atoms with van der Waals surface area (Å²) in [7, 11) is 0. The molecule has 1 spiro atoms. The molecule has 1 aromatic rings. The van der Waals surface area contributed by atoms with E-state index in [2.05, 4.69) is 16.1 Å². The van der Waals surface area contributed by atoms with Gasteiger partial charge in [0.15, 0.2) is 0 Å². The maximum atomic E-state index is 12.5. The number of carbonyl (C=O) groups is 1. The highest BCUT2D eigenvalue weighted by Gasteiger charge is 2.52. The van der Waals surface area contributed by atoms with E-state index in [4.69, 9.17) is 4.74 Å². The smallest absolute Gasteiger partial charge is 0.224 e. The SMILES string of the molecule is Cc1cc(C)n(CCC(=O)N2CC3(CC(N4CCCCC4)CO3)C2)n1. The first-order valence-corrected chi connectivity index (χ1v) is 9.72. The van der Waals surface area contributed by atoms with Crippen LogP contribution >= 0.6 is 0 Å². The number of rotatable bonds is 4. The van der Waals surface area contributed by atoms with E-state index in [0.29, 0.717) is 19.0 Å². The zero-order chi connectivity index (χ0) is 17.4. The summed E-state index contributed by atoms with van der Waals surface area (Å²) in [5.74, 6) is 0.225. The molecule has 3 fully saturated rings. The molecule has 1 atom stereocenters. The molecule has 0 saturated carbocycles. The number of likely N-dealkylation sites (tertiary alicyclic amines) is 2. The number of hydrogen-bond donors (Lipinski definition) is 0. The summed E-state index contributed by atoms with van der Waals surface area (Å²) in [5.41, 5.74) is 2.07. The third-order valence-electron chi connectivity index (χ3n) is 6.05. The van der Waals surface area contributed by atoms with Crippen LogP contribution in [0.1, 0.15) is 43.5 Å². The fourth-order valence-electron chi connectivity index (χ4n) is 4.65. The second kappa shape index (κ2) is 6.72. The Labute approximate surface area is 150 Å². The Kier molecular flexibility index (Phi) is 4.58. The Bertz CT molecular complexity index is 629.